The predicted molar refractivity (Wildman–Crippen MR) is 136 cm³/mol. The number of ether oxygens (including phenoxy) is 1. The molecule has 2 heterocycles. The van der Waals surface area contributed by atoms with Crippen LogP contribution in [0.15, 0.2) is 11.6 Å². The first-order valence-electron chi connectivity index (χ1n) is 14.1. The van der Waals surface area contributed by atoms with Crippen LogP contribution in [0.1, 0.15) is 132 Å². The van der Waals surface area contributed by atoms with E-state index < -0.39 is 0 Å². The van der Waals surface area contributed by atoms with Crippen LogP contribution in [0.4, 0.5) is 0 Å². The van der Waals surface area contributed by atoms with Crippen LogP contribution in [0.3, 0.4) is 0 Å². The highest BCUT2D eigenvalue weighted by Gasteiger charge is 2.76. The van der Waals surface area contributed by atoms with Crippen LogP contribution in [-0.2, 0) is 4.74 Å². The Labute approximate surface area is 199 Å². The van der Waals surface area contributed by atoms with Gasteiger partial charge in [0.2, 0.25) is 0 Å². The summed E-state index contributed by atoms with van der Waals surface area (Å²) < 4.78 is 7.13. The third-order valence-corrected chi connectivity index (χ3v) is 12.8. The van der Waals surface area contributed by atoms with Crippen LogP contribution in [0.5, 0.6) is 0 Å². The fourth-order valence-electron chi connectivity index (χ4n) is 10.8. The molecule has 182 valence electrons. The normalized spacial score (nSPS) is 53.3. The zero-order valence-electron chi connectivity index (χ0n) is 22.7. The summed E-state index contributed by atoms with van der Waals surface area (Å²) in [6.45, 7) is 20.3. The quantitative estimate of drug-likeness (QED) is 0.313. The first-order valence-corrected chi connectivity index (χ1v) is 14.1. The molecule has 2 bridgehead atoms. The van der Waals surface area contributed by atoms with E-state index in [2.05, 4.69) is 61.5 Å². The van der Waals surface area contributed by atoms with Crippen molar-refractivity contribution in [3.05, 3.63) is 11.6 Å². The van der Waals surface area contributed by atoms with Gasteiger partial charge >= 0.3 is 0 Å². The summed E-state index contributed by atoms with van der Waals surface area (Å²) in [5, 5.41) is 0. The second-order valence-electron chi connectivity index (χ2n) is 15.1. The smallest absolute Gasteiger partial charge is 0.0777 e. The lowest BCUT2D eigenvalue weighted by Crippen LogP contribution is -2.67. The molecule has 3 saturated carbocycles. The van der Waals surface area contributed by atoms with E-state index in [4.69, 9.17) is 4.74 Å². The van der Waals surface area contributed by atoms with Crippen molar-refractivity contribution in [3.63, 3.8) is 0 Å². The zero-order chi connectivity index (χ0) is 23.2. The van der Waals surface area contributed by atoms with Crippen LogP contribution >= 0.6 is 0 Å². The lowest BCUT2D eigenvalue weighted by atomic mass is 9.33. The van der Waals surface area contributed by atoms with Crippen LogP contribution in [0.25, 0.3) is 0 Å². The Balaban J connectivity index is 1.40. The van der Waals surface area contributed by atoms with Crippen LogP contribution in [-0.4, -0.2) is 11.7 Å². The molecule has 5 fully saturated rings. The van der Waals surface area contributed by atoms with Crippen molar-refractivity contribution in [1.29, 1.82) is 0 Å². The average Bonchev–Trinajstić information content (AvgIpc) is 3.24. The summed E-state index contributed by atoms with van der Waals surface area (Å²) >= 11 is 0. The van der Waals surface area contributed by atoms with Crippen LogP contribution < -0.4 is 0 Å². The molecule has 1 nitrogen and oxygen atoms in total. The topological polar surface area (TPSA) is 9.23 Å². The van der Waals surface area contributed by atoms with Gasteiger partial charge < -0.3 is 4.74 Å². The minimum absolute atomic E-state index is 0.180. The van der Waals surface area contributed by atoms with Gasteiger partial charge in [0.15, 0.2) is 0 Å². The van der Waals surface area contributed by atoms with E-state index in [9.17, 15) is 0 Å². The highest BCUT2D eigenvalue weighted by atomic mass is 16.5. The maximum Gasteiger partial charge on any atom is 0.0777 e. The van der Waals surface area contributed by atoms with Gasteiger partial charge in [-0.3, -0.25) is 0 Å². The fraction of sp³-hybridized carbons (Fsp3) is 0.935. The standard InChI is InChI=1S/C31H52O/c1-22(2)11-9-10-15-27(5)17-19-29(7)24-13-12-23-26(3,4)25-14-16-31(23,32-25)30(24,8)20-18-28(29,6)21-27/h11,23-25H,9-10,12-21H2,1-8H3/t23-,24-,25+,27+,28+,29-,30-,31-/m1/s1. The van der Waals surface area contributed by atoms with Crippen molar-refractivity contribution in [2.45, 2.75) is 144 Å². The summed E-state index contributed by atoms with van der Waals surface area (Å²) in [7, 11) is 0. The molecule has 2 aliphatic heterocycles. The van der Waals surface area contributed by atoms with E-state index in [-0.39, 0.29) is 5.60 Å². The molecule has 8 atom stereocenters. The molecule has 5 aliphatic rings. The summed E-state index contributed by atoms with van der Waals surface area (Å²) in [5.74, 6) is 1.62. The van der Waals surface area contributed by atoms with Crippen LogP contribution in [0, 0.1) is 38.9 Å². The van der Waals surface area contributed by atoms with Gasteiger partial charge in [-0.25, -0.2) is 0 Å². The number of unbranched alkanes of at least 4 members (excludes halogenated alkanes) is 1. The Kier molecular flexibility index (Phi) is 5.21. The molecule has 0 amide bonds. The monoisotopic (exact) mass is 440 g/mol. The number of fused-ring (bicyclic) bond motifs is 4. The number of rotatable bonds is 4. The Morgan fingerprint density at radius 2 is 1.50 bits per heavy atom. The van der Waals surface area contributed by atoms with Gasteiger partial charge in [-0.15, -0.1) is 0 Å². The van der Waals surface area contributed by atoms with Crippen molar-refractivity contribution in [1.82, 2.24) is 0 Å². The molecule has 0 N–H and O–H groups in total. The van der Waals surface area contributed by atoms with E-state index in [1.165, 1.54) is 82.6 Å². The molecule has 0 aromatic heterocycles. The summed E-state index contributed by atoms with van der Waals surface area (Å²) in [5.41, 5.74) is 3.93. The van der Waals surface area contributed by atoms with E-state index >= 15 is 0 Å². The van der Waals surface area contributed by atoms with E-state index in [0.29, 0.717) is 33.2 Å². The lowest BCUT2D eigenvalue weighted by Gasteiger charge is -2.71. The SMILES string of the molecule is CC(C)=CCCC[C@@]1(C)CC[C@]2(C)[C@H]3CC[C@@H]4C(C)(C)[C@@H]5CC[C@]4(O5)[C@]3(C)CC[C@@]2(C)C1. The summed E-state index contributed by atoms with van der Waals surface area (Å²) in [4.78, 5) is 0. The molecule has 5 rings (SSSR count). The minimum Gasteiger partial charge on any atom is -0.370 e. The third kappa shape index (κ3) is 2.91. The Morgan fingerprint density at radius 3 is 2.22 bits per heavy atom. The molecule has 1 heteroatoms. The Bertz CT molecular complexity index is 790. The summed E-state index contributed by atoms with van der Waals surface area (Å²) in [6.07, 6.45) is 19.7. The molecule has 0 unspecified atom stereocenters. The molecule has 3 aliphatic carbocycles. The zero-order valence-corrected chi connectivity index (χ0v) is 22.7. The second kappa shape index (κ2) is 7.11. The molecule has 1 spiro atoms. The fourth-order valence-corrected chi connectivity index (χ4v) is 10.8. The van der Waals surface area contributed by atoms with Gasteiger partial charge in [-0.2, -0.15) is 0 Å². The highest BCUT2D eigenvalue weighted by Crippen LogP contribution is 2.78. The Hall–Kier alpha value is -0.300. The maximum atomic E-state index is 7.13. The Morgan fingerprint density at radius 1 is 0.812 bits per heavy atom. The number of allylic oxidation sites excluding steroid dienone is 2. The highest BCUT2D eigenvalue weighted by molar-refractivity contribution is 5.24. The van der Waals surface area contributed by atoms with E-state index in [1.807, 2.05) is 0 Å². The molecule has 0 radical (unpaired) electrons. The van der Waals surface area contributed by atoms with Crippen molar-refractivity contribution in [2.24, 2.45) is 38.9 Å². The van der Waals surface area contributed by atoms with Crippen molar-refractivity contribution in [2.75, 3.05) is 0 Å². The van der Waals surface area contributed by atoms with Crippen molar-refractivity contribution < 1.29 is 4.74 Å². The molecular weight excluding hydrogens is 388 g/mol. The van der Waals surface area contributed by atoms with E-state index in [1.54, 1.807) is 0 Å². The molecule has 2 saturated heterocycles. The average molecular weight is 441 g/mol. The lowest BCUT2D eigenvalue weighted by molar-refractivity contribution is -0.249. The van der Waals surface area contributed by atoms with Gasteiger partial charge in [-0.05, 0) is 124 Å². The number of hydrogen-bond acceptors (Lipinski definition) is 1. The van der Waals surface area contributed by atoms with Gasteiger partial charge in [0, 0.05) is 5.41 Å². The second-order valence-corrected chi connectivity index (χ2v) is 15.1. The largest absolute Gasteiger partial charge is 0.370 e. The number of hydrogen-bond donors (Lipinski definition) is 0. The third-order valence-electron chi connectivity index (χ3n) is 12.8. The van der Waals surface area contributed by atoms with Gasteiger partial charge in [0.25, 0.3) is 0 Å². The summed E-state index contributed by atoms with van der Waals surface area (Å²) in [6, 6.07) is 0. The maximum absolute atomic E-state index is 7.13. The van der Waals surface area contributed by atoms with Gasteiger partial charge in [0.1, 0.15) is 0 Å². The first kappa shape index (κ1) is 23.4. The first-order chi connectivity index (χ1) is 14.8. The van der Waals surface area contributed by atoms with E-state index in [0.717, 1.165) is 11.8 Å². The van der Waals surface area contributed by atoms with Crippen LogP contribution in [0.2, 0.25) is 0 Å². The molecule has 0 aromatic rings. The van der Waals surface area contributed by atoms with Crippen molar-refractivity contribution >= 4 is 0 Å². The van der Waals surface area contributed by atoms with Crippen molar-refractivity contribution in [3.8, 4) is 0 Å². The predicted octanol–water partition coefficient (Wildman–Crippen LogP) is 9.11. The molecule has 0 aromatic carbocycles. The minimum atomic E-state index is 0.180. The molecule has 32 heavy (non-hydrogen) atoms. The van der Waals surface area contributed by atoms with Gasteiger partial charge in [0.05, 0.1) is 11.7 Å². The molecular formula is C31H52O. The van der Waals surface area contributed by atoms with Gasteiger partial charge in [-0.1, -0.05) is 53.2 Å².